The summed E-state index contributed by atoms with van der Waals surface area (Å²) in [6.45, 7) is 3.08. The second-order valence-corrected chi connectivity index (χ2v) is 16.5. The van der Waals surface area contributed by atoms with Crippen LogP contribution in [-0.2, 0) is 23.9 Å². The van der Waals surface area contributed by atoms with Crippen LogP contribution >= 0.6 is 11.8 Å². The quantitative estimate of drug-likeness (QED) is 0.0307. The van der Waals surface area contributed by atoms with E-state index in [-0.39, 0.29) is 91.2 Å². The Balaban J connectivity index is 0.800. The lowest BCUT2D eigenvalue weighted by Crippen LogP contribution is -2.28. The number of urea groups is 2. The molecule has 0 radical (unpaired) electrons. The molecule has 0 saturated heterocycles. The number of aromatic hydroxyl groups is 1. The molecule has 0 aromatic heterocycles. The summed E-state index contributed by atoms with van der Waals surface area (Å²) >= 11 is 0.937. The van der Waals surface area contributed by atoms with Crippen molar-refractivity contribution in [3.63, 3.8) is 0 Å². The average Bonchev–Trinajstić information content (AvgIpc) is 4.04. The van der Waals surface area contributed by atoms with Gasteiger partial charge in [0.15, 0.2) is 11.5 Å². The minimum atomic E-state index is -1.39. The van der Waals surface area contributed by atoms with E-state index in [1.165, 1.54) is 36.4 Å². The number of phenols is 1. The molecule has 22 heteroatoms. The summed E-state index contributed by atoms with van der Waals surface area (Å²) in [5, 5.41) is 47.2. The summed E-state index contributed by atoms with van der Waals surface area (Å²) in [7, 11) is 0. The van der Waals surface area contributed by atoms with E-state index in [1.54, 1.807) is 72.8 Å². The van der Waals surface area contributed by atoms with Gasteiger partial charge in [0.25, 0.3) is 5.91 Å². The molecule has 0 unspecified atom stereocenters. The fraction of sp³-hybridized carbons (Fsp3) is 0.196. The lowest BCUT2D eigenvalue weighted by molar-refractivity contribution is -0.177. The number of phenolic OH excluding ortho intramolecular Hbond substituents is 1. The maximum atomic E-state index is 13.3. The molecular weight excluding hydrogens is 966 g/mol. The van der Waals surface area contributed by atoms with Crippen molar-refractivity contribution in [3.05, 3.63) is 154 Å². The molecule has 5 aromatic carbocycles. The highest BCUT2D eigenvalue weighted by molar-refractivity contribution is 8.18. The van der Waals surface area contributed by atoms with Gasteiger partial charge in [-0.3, -0.25) is 9.79 Å². The van der Waals surface area contributed by atoms with Crippen LogP contribution in [0.1, 0.15) is 27.0 Å². The van der Waals surface area contributed by atoms with Crippen molar-refractivity contribution >= 4 is 81.1 Å². The number of aliphatic hydroxyl groups is 1. The largest absolute Gasteiger partial charge is 0.506 e. The number of amides is 5. The number of aliphatic hydroxyl groups excluding tert-OH is 1. The molecule has 8 N–H and O–H groups in total. The van der Waals surface area contributed by atoms with E-state index in [2.05, 4.69) is 46.8 Å². The Morgan fingerprint density at radius 3 is 1.97 bits per heavy atom. The molecule has 2 heterocycles. The Hall–Kier alpha value is -8.75. The first-order valence-electron chi connectivity index (χ1n) is 22.5. The summed E-state index contributed by atoms with van der Waals surface area (Å²) in [5.41, 5.74) is 3.35. The van der Waals surface area contributed by atoms with E-state index in [0.717, 1.165) is 29.7 Å². The Labute approximate surface area is 421 Å². The highest BCUT2D eigenvalue weighted by Gasteiger charge is 2.34. The van der Waals surface area contributed by atoms with Gasteiger partial charge in [-0.05, 0) is 103 Å². The number of benzene rings is 5. The second-order valence-electron chi connectivity index (χ2n) is 15.5. The van der Waals surface area contributed by atoms with Crippen LogP contribution in [0, 0.1) is 11.3 Å². The predicted octanol–water partition coefficient (Wildman–Crippen LogP) is 7.82. The molecule has 73 heavy (non-hydrogen) atoms. The zero-order valence-corrected chi connectivity index (χ0v) is 39.6. The molecule has 0 saturated carbocycles. The number of nitriles is 1. The van der Waals surface area contributed by atoms with Crippen LogP contribution in [0.2, 0.25) is 0 Å². The number of thioether (sulfide) groups is 1. The number of nitrogens with one attached hydrogen (secondary N) is 6. The number of hydrogen-bond acceptors (Lipinski definition) is 16. The number of para-hydroxylation sites is 1. The zero-order chi connectivity index (χ0) is 51.4. The van der Waals surface area contributed by atoms with Crippen LogP contribution in [0.3, 0.4) is 0 Å². The van der Waals surface area contributed by atoms with Gasteiger partial charge < -0.3 is 61.1 Å². The number of rotatable bonds is 22. The molecule has 20 nitrogen and oxygen atoms in total. The van der Waals surface area contributed by atoms with E-state index in [4.69, 9.17) is 24.2 Å². The molecule has 0 bridgehead atoms. The number of carbonyl (C=O) groups excluding carboxylic acids is 4. The van der Waals surface area contributed by atoms with Crippen LogP contribution in [0.25, 0.3) is 6.08 Å². The highest BCUT2D eigenvalue weighted by Crippen LogP contribution is 2.41. The smallest absolute Gasteiger partial charge is 0.386 e. The molecule has 2 aliphatic rings. The Morgan fingerprint density at radius 1 is 0.753 bits per heavy atom. The average molecular weight is 1010 g/mol. The van der Waals surface area contributed by atoms with E-state index in [1.807, 2.05) is 18.2 Å². The molecule has 0 spiro atoms. The Bertz CT molecular complexity index is 2950. The molecular formula is C51H48FN9O11S. The van der Waals surface area contributed by atoms with E-state index >= 15 is 0 Å². The minimum absolute atomic E-state index is 0.0451. The molecule has 0 atom stereocenters. The first-order valence-corrected chi connectivity index (χ1v) is 23.3. The molecule has 7 rings (SSSR count). The number of halogens is 1. The second kappa shape index (κ2) is 26.5. The normalized spacial score (nSPS) is 13.9. The number of aliphatic imine (C=N–C) groups is 2. The van der Waals surface area contributed by atoms with Crippen molar-refractivity contribution in [1.29, 1.82) is 5.26 Å². The molecule has 5 amide bonds. The lowest BCUT2D eigenvalue weighted by Gasteiger charge is -2.14. The van der Waals surface area contributed by atoms with Gasteiger partial charge in [0.05, 0.1) is 68.4 Å². The predicted molar refractivity (Wildman–Crippen MR) is 273 cm³/mol. The van der Waals surface area contributed by atoms with Crippen molar-refractivity contribution in [2.24, 2.45) is 9.98 Å². The number of hydrogen-bond donors (Lipinski definition) is 8. The number of ether oxygens (including phenoxy) is 4. The van der Waals surface area contributed by atoms with Gasteiger partial charge in [-0.15, -0.1) is 0 Å². The van der Waals surface area contributed by atoms with Crippen molar-refractivity contribution in [1.82, 2.24) is 10.6 Å². The maximum absolute atomic E-state index is 13.3. The standard InChI is InChI=1S/C51H48FN9O11S/c52-72-49(65)44-45(63)43(73-48(44)57-36-4-2-1-3-5-36)27-33-8-15-42(41(62)26-33)71-25-24-70-23-22-69-21-20-68-19-18-56-47(64)35-28-39(60-50(66)58-37-11-6-32(31-53)7-12-37)30-40(29-35)61-51(67)59-38-13-9-34(10-14-38)46-54-16-17-55-46/h1-15,26-30,62-63H,16-25H2,(H,54,55)(H,56,64)(H2,58,60,66)(H2,59,61,67)/b43-27-,57-48?. The Morgan fingerprint density at radius 2 is 1.37 bits per heavy atom. The lowest BCUT2D eigenvalue weighted by atomic mass is 10.1. The molecule has 376 valence electrons. The third kappa shape index (κ3) is 15.6. The Kier molecular flexibility index (Phi) is 18.9. The summed E-state index contributed by atoms with van der Waals surface area (Å²) in [4.78, 5) is 63.7. The fourth-order valence-electron chi connectivity index (χ4n) is 6.86. The highest BCUT2D eigenvalue weighted by atomic mass is 32.2. The van der Waals surface area contributed by atoms with Crippen molar-refractivity contribution in [3.8, 4) is 17.6 Å². The van der Waals surface area contributed by atoms with E-state index in [9.17, 15) is 33.9 Å². The molecule has 5 aromatic rings. The minimum Gasteiger partial charge on any atom is -0.506 e. The van der Waals surface area contributed by atoms with Crippen molar-refractivity contribution in [2.75, 3.05) is 87.1 Å². The number of anilines is 4. The molecule has 2 aliphatic heterocycles. The number of amidine groups is 1. The van der Waals surface area contributed by atoms with Gasteiger partial charge in [-0.2, -0.15) is 5.26 Å². The summed E-state index contributed by atoms with van der Waals surface area (Å²) in [6, 6.07) is 31.8. The van der Waals surface area contributed by atoms with Crippen LogP contribution in [-0.4, -0.2) is 111 Å². The van der Waals surface area contributed by atoms with E-state index < -0.39 is 35.3 Å². The van der Waals surface area contributed by atoms with Crippen LogP contribution < -0.4 is 36.6 Å². The topological polar surface area (TPSA) is 276 Å². The summed E-state index contributed by atoms with van der Waals surface area (Å²) < 4.78 is 35.2. The zero-order valence-electron chi connectivity index (χ0n) is 38.8. The van der Waals surface area contributed by atoms with Crippen molar-refractivity contribution in [2.45, 2.75) is 0 Å². The van der Waals surface area contributed by atoms with Gasteiger partial charge in [-0.1, -0.05) is 36.0 Å². The first kappa shape index (κ1) is 52.1. The van der Waals surface area contributed by atoms with Crippen LogP contribution in [0.15, 0.2) is 141 Å². The number of carbonyl (C=O) groups is 4. The van der Waals surface area contributed by atoms with Gasteiger partial charge >= 0.3 is 18.0 Å². The molecule has 0 aliphatic carbocycles. The molecule has 0 fully saturated rings. The summed E-state index contributed by atoms with van der Waals surface area (Å²) in [6.07, 6.45) is 1.49. The third-order valence-electron chi connectivity index (χ3n) is 10.3. The van der Waals surface area contributed by atoms with Crippen LogP contribution in [0.4, 0.5) is 42.6 Å². The third-order valence-corrected chi connectivity index (χ3v) is 11.3. The van der Waals surface area contributed by atoms with Gasteiger partial charge in [0.2, 0.25) is 0 Å². The van der Waals surface area contributed by atoms with E-state index in [0.29, 0.717) is 34.7 Å². The monoisotopic (exact) mass is 1010 g/mol. The first-order chi connectivity index (χ1) is 35.5. The number of nitrogens with zero attached hydrogens (tertiary/aromatic N) is 3. The SMILES string of the molecule is N#Cc1ccc(NC(=O)Nc2cc(NC(=O)Nc3ccc(C4=NCCN4)cc3)cc(C(=O)NCCOCCOCCOCCOc3ccc(/C=C4\SC(=Nc5ccccc5)C(C(=O)OF)=C4O)cc3O)c2)cc1. The maximum Gasteiger partial charge on any atom is 0.386 e. The van der Waals surface area contributed by atoms with Gasteiger partial charge in [-0.25, -0.2) is 24.3 Å². The van der Waals surface area contributed by atoms with Gasteiger partial charge in [0, 0.05) is 51.5 Å². The fourth-order valence-corrected chi connectivity index (χ4v) is 7.89. The van der Waals surface area contributed by atoms with Crippen LogP contribution in [0.5, 0.6) is 11.5 Å². The summed E-state index contributed by atoms with van der Waals surface area (Å²) in [5.74, 6) is -1.62. The van der Waals surface area contributed by atoms with Crippen molar-refractivity contribution < 1.29 is 57.8 Å². The van der Waals surface area contributed by atoms with Gasteiger partial charge in [0.1, 0.15) is 28.8 Å².